The number of carboxylic acid groups (broad SMARTS) is 1. The summed E-state index contributed by atoms with van der Waals surface area (Å²) in [6, 6.07) is 25.1. The van der Waals surface area contributed by atoms with Crippen LogP contribution >= 0.6 is 0 Å². The summed E-state index contributed by atoms with van der Waals surface area (Å²) >= 11 is 0. The van der Waals surface area contributed by atoms with E-state index < -0.39 is 26.0 Å². The summed E-state index contributed by atoms with van der Waals surface area (Å²) in [5.41, 5.74) is 0.358. The lowest BCUT2D eigenvalue weighted by Crippen LogP contribution is -2.69. The molecule has 1 heterocycles. The molecule has 0 spiro atoms. The Morgan fingerprint density at radius 1 is 0.789 bits per heavy atom. The van der Waals surface area contributed by atoms with Crippen LogP contribution in [0.3, 0.4) is 0 Å². The zero-order valence-corrected chi connectivity index (χ0v) is 24.0. The molecule has 0 fully saturated rings. The van der Waals surface area contributed by atoms with Gasteiger partial charge in [0.1, 0.15) is 5.60 Å². The lowest BCUT2D eigenvalue weighted by Gasteiger charge is -2.43. The number of aromatic carboxylic acids is 1. The molecule has 1 N–H and O–H groups in total. The lowest BCUT2D eigenvalue weighted by molar-refractivity contribution is 0.0535. The Morgan fingerprint density at radius 3 is 1.76 bits per heavy atom. The molecule has 0 saturated heterocycles. The smallest absolute Gasteiger partial charge is 0.421 e. The number of aryl methyl sites for hydroxylation is 1. The van der Waals surface area contributed by atoms with Crippen LogP contribution in [-0.2, 0) is 4.74 Å². The number of carboxylic acids is 1. The molecule has 0 atom stereocenters. The quantitative estimate of drug-likeness (QED) is 0.304. The molecular formula is C31H35NO5Si. The first-order chi connectivity index (χ1) is 17.8. The van der Waals surface area contributed by atoms with Crippen LogP contribution in [0.5, 0.6) is 5.88 Å². The highest BCUT2D eigenvalue weighted by Gasteiger charge is 2.53. The van der Waals surface area contributed by atoms with Crippen molar-refractivity contribution in [3.05, 3.63) is 90.0 Å². The van der Waals surface area contributed by atoms with Gasteiger partial charge < -0.3 is 14.3 Å². The molecule has 0 aliphatic carbocycles. The molecule has 38 heavy (non-hydrogen) atoms. The fourth-order valence-corrected chi connectivity index (χ4v) is 9.55. The first kappa shape index (κ1) is 27.2. The third-order valence-electron chi connectivity index (χ3n) is 6.66. The second-order valence-corrected chi connectivity index (χ2v) is 15.7. The van der Waals surface area contributed by atoms with Crippen molar-refractivity contribution in [3.63, 3.8) is 0 Å². The number of hydrogen-bond donors (Lipinski definition) is 1. The van der Waals surface area contributed by atoms with Crippen molar-refractivity contribution in [3.8, 4) is 5.88 Å². The van der Waals surface area contributed by atoms with E-state index in [0.717, 1.165) is 10.4 Å². The Morgan fingerprint density at radius 2 is 1.32 bits per heavy atom. The van der Waals surface area contributed by atoms with Crippen LogP contribution < -0.4 is 14.8 Å². The molecule has 0 bridgehead atoms. The zero-order valence-electron chi connectivity index (χ0n) is 23.0. The van der Waals surface area contributed by atoms with Crippen molar-refractivity contribution in [1.29, 1.82) is 0 Å². The van der Waals surface area contributed by atoms with Gasteiger partial charge >= 0.3 is 20.4 Å². The number of benzene rings is 3. The van der Waals surface area contributed by atoms with E-state index in [0.29, 0.717) is 22.3 Å². The predicted molar refractivity (Wildman–Crippen MR) is 154 cm³/mol. The highest BCUT2D eigenvalue weighted by Crippen LogP contribution is 2.42. The summed E-state index contributed by atoms with van der Waals surface area (Å²) in [5.74, 6) is -0.769. The van der Waals surface area contributed by atoms with Gasteiger partial charge in [0.25, 0.3) is 0 Å². The van der Waals surface area contributed by atoms with Crippen molar-refractivity contribution in [2.45, 2.75) is 59.1 Å². The summed E-state index contributed by atoms with van der Waals surface area (Å²) < 4.78 is 14.5. The summed E-state index contributed by atoms with van der Waals surface area (Å²) in [6.45, 7) is 13.7. The van der Waals surface area contributed by atoms with Gasteiger partial charge in [-0.3, -0.25) is 0 Å². The monoisotopic (exact) mass is 529 g/mol. The number of aromatic nitrogens is 1. The van der Waals surface area contributed by atoms with Crippen molar-refractivity contribution >= 4 is 41.7 Å². The van der Waals surface area contributed by atoms with E-state index in [1.807, 2.05) is 43.3 Å². The van der Waals surface area contributed by atoms with Crippen LogP contribution in [0.4, 0.5) is 4.79 Å². The molecule has 7 heteroatoms. The first-order valence-electron chi connectivity index (χ1n) is 12.7. The molecule has 4 rings (SSSR count). The molecule has 6 nitrogen and oxygen atoms in total. The molecule has 0 unspecified atom stereocenters. The van der Waals surface area contributed by atoms with E-state index in [4.69, 9.17) is 9.16 Å². The topological polar surface area (TPSA) is 77.8 Å². The summed E-state index contributed by atoms with van der Waals surface area (Å²) in [4.78, 5) is 25.9. The maximum absolute atomic E-state index is 13.7. The minimum Gasteiger partial charge on any atom is -0.522 e. The van der Waals surface area contributed by atoms with Gasteiger partial charge in [0.2, 0.25) is 0 Å². The fourth-order valence-electron chi connectivity index (χ4n) is 5.09. The Hall–Kier alpha value is -3.84. The number of nitrogens with zero attached hydrogens (tertiary/aromatic N) is 1. The van der Waals surface area contributed by atoms with Crippen molar-refractivity contribution in [2.24, 2.45) is 0 Å². The van der Waals surface area contributed by atoms with Crippen LogP contribution in [0, 0.1) is 6.92 Å². The van der Waals surface area contributed by atoms with Gasteiger partial charge in [0.15, 0.2) is 5.88 Å². The maximum Gasteiger partial charge on any atom is 0.421 e. The molecule has 3 aromatic carbocycles. The highest BCUT2D eigenvalue weighted by molar-refractivity contribution is 7.00. The molecule has 1 aromatic heterocycles. The lowest BCUT2D eigenvalue weighted by atomic mass is 10.1. The average molecular weight is 530 g/mol. The van der Waals surface area contributed by atoms with Crippen LogP contribution in [0.1, 0.15) is 57.5 Å². The SMILES string of the molecule is Cc1c(O[Si](c2ccccc2)(c2ccccc2)C(C)(C)C)n(C(=O)OC(C)(C)C)c2cccc(C(=O)O)c12. The fraction of sp³-hybridized carbons (Fsp3) is 0.290. The number of hydrogen-bond acceptors (Lipinski definition) is 4. The average Bonchev–Trinajstić information content (AvgIpc) is 3.13. The van der Waals surface area contributed by atoms with Gasteiger partial charge in [0, 0.05) is 10.9 Å². The largest absolute Gasteiger partial charge is 0.522 e. The molecule has 4 aromatic rings. The minimum atomic E-state index is -3.14. The van der Waals surface area contributed by atoms with Gasteiger partial charge in [-0.15, -0.1) is 0 Å². The van der Waals surface area contributed by atoms with Gasteiger partial charge in [-0.05, 0) is 55.2 Å². The normalized spacial score (nSPS) is 12.4. The minimum absolute atomic E-state index is 0.106. The number of carbonyl (C=O) groups is 2. The van der Waals surface area contributed by atoms with Crippen LogP contribution in [0.15, 0.2) is 78.9 Å². The molecule has 0 aliphatic heterocycles. The standard InChI is InChI=1S/C31H35NO5Si/c1-21-26-24(28(33)34)19-14-20-25(26)32(29(35)36-30(2,3)4)27(21)37-38(31(5,6)7,22-15-10-8-11-16-22)23-17-12-9-13-18-23/h8-20H,1-7H3,(H,33,34). The Labute approximate surface area is 225 Å². The van der Waals surface area contributed by atoms with E-state index >= 15 is 0 Å². The molecule has 0 amide bonds. The van der Waals surface area contributed by atoms with Gasteiger partial charge in [0.05, 0.1) is 11.1 Å². The Bertz CT molecular complexity index is 1440. The van der Waals surface area contributed by atoms with Gasteiger partial charge in [-0.1, -0.05) is 87.5 Å². The van der Waals surface area contributed by atoms with Crippen molar-refractivity contribution < 1.29 is 23.9 Å². The van der Waals surface area contributed by atoms with E-state index in [1.54, 1.807) is 39.0 Å². The summed E-state index contributed by atoms with van der Waals surface area (Å²) in [7, 11) is -3.14. The van der Waals surface area contributed by atoms with E-state index in [2.05, 4.69) is 45.0 Å². The molecule has 0 saturated carbocycles. The maximum atomic E-state index is 13.7. The first-order valence-corrected chi connectivity index (χ1v) is 14.6. The molecule has 0 aliphatic rings. The summed E-state index contributed by atoms with van der Waals surface area (Å²) in [5, 5.41) is 12.2. The summed E-state index contributed by atoms with van der Waals surface area (Å²) in [6.07, 6.45) is -0.619. The number of carbonyl (C=O) groups excluding carboxylic acids is 1. The molecule has 198 valence electrons. The predicted octanol–water partition coefficient (Wildman–Crippen LogP) is 6.37. The Kier molecular flexibility index (Phi) is 7.01. The van der Waals surface area contributed by atoms with E-state index in [-0.39, 0.29) is 10.6 Å². The van der Waals surface area contributed by atoms with E-state index in [9.17, 15) is 14.7 Å². The van der Waals surface area contributed by atoms with Crippen LogP contribution in [0.2, 0.25) is 5.04 Å². The third kappa shape index (κ3) is 4.74. The second-order valence-electron chi connectivity index (χ2n) is 11.5. The number of fused-ring (bicyclic) bond motifs is 1. The van der Waals surface area contributed by atoms with E-state index in [1.165, 1.54) is 4.57 Å². The number of ether oxygens (including phenoxy) is 1. The second kappa shape index (κ2) is 9.80. The zero-order chi connectivity index (χ0) is 27.9. The van der Waals surface area contributed by atoms with Crippen LogP contribution in [0.25, 0.3) is 10.9 Å². The van der Waals surface area contributed by atoms with Gasteiger partial charge in [-0.25, -0.2) is 14.2 Å². The molecular weight excluding hydrogens is 494 g/mol. The van der Waals surface area contributed by atoms with Gasteiger partial charge in [-0.2, -0.15) is 0 Å². The highest BCUT2D eigenvalue weighted by atomic mass is 28.4. The molecule has 0 radical (unpaired) electrons. The van der Waals surface area contributed by atoms with Crippen LogP contribution in [-0.4, -0.2) is 35.7 Å². The van der Waals surface area contributed by atoms with Crippen molar-refractivity contribution in [1.82, 2.24) is 4.57 Å². The third-order valence-corrected chi connectivity index (χ3v) is 11.6. The van der Waals surface area contributed by atoms with Crippen molar-refractivity contribution in [2.75, 3.05) is 0 Å². The number of rotatable bonds is 5. The Balaban J connectivity index is 2.11.